The summed E-state index contributed by atoms with van der Waals surface area (Å²) in [6.45, 7) is 8.03. The van der Waals surface area contributed by atoms with E-state index < -0.39 is 0 Å². The Morgan fingerprint density at radius 3 is 2.52 bits per heavy atom. The van der Waals surface area contributed by atoms with Crippen molar-refractivity contribution >= 4 is 6.03 Å². The second-order valence-electron chi connectivity index (χ2n) is 7.59. The molecule has 6 nitrogen and oxygen atoms in total. The lowest BCUT2D eigenvalue weighted by atomic mass is 9.56. The molecular weight excluding hydrogens is 292 g/mol. The summed E-state index contributed by atoms with van der Waals surface area (Å²) in [6.07, 6.45) is 8.51. The van der Waals surface area contributed by atoms with E-state index in [2.05, 4.69) is 35.6 Å². The maximum Gasteiger partial charge on any atom is 0.317 e. The highest BCUT2D eigenvalue weighted by Crippen LogP contribution is 2.51. The van der Waals surface area contributed by atoms with Gasteiger partial charge in [0.2, 0.25) is 0 Å². The van der Waals surface area contributed by atoms with Gasteiger partial charge < -0.3 is 19.5 Å². The first-order chi connectivity index (χ1) is 10.9. The van der Waals surface area contributed by atoms with Crippen LogP contribution < -0.4 is 5.32 Å². The summed E-state index contributed by atoms with van der Waals surface area (Å²) < 4.78 is 7.78. The molecule has 0 aromatic carbocycles. The van der Waals surface area contributed by atoms with E-state index in [4.69, 9.17) is 4.74 Å². The Balaban J connectivity index is 1.51. The number of imidazole rings is 1. The first kappa shape index (κ1) is 16.3. The average molecular weight is 320 g/mol. The van der Waals surface area contributed by atoms with Crippen LogP contribution in [-0.2, 0) is 4.74 Å². The van der Waals surface area contributed by atoms with Crippen LogP contribution in [0.4, 0.5) is 4.79 Å². The molecule has 128 valence electrons. The van der Waals surface area contributed by atoms with Crippen LogP contribution in [0.2, 0.25) is 0 Å². The molecule has 2 heterocycles. The van der Waals surface area contributed by atoms with Crippen molar-refractivity contribution in [3.8, 4) is 0 Å². The smallest absolute Gasteiger partial charge is 0.317 e. The maximum absolute atomic E-state index is 12.5. The lowest BCUT2D eigenvalue weighted by Gasteiger charge is -2.59. The van der Waals surface area contributed by atoms with Gasteiger partial charge in [-0.25, -0.2) is 9.78 Å². The Morgan fingerprint density at radius 2 is 2.00 bits per heavy atom. The molecule has 1 aliphatic carbocycles. The molecule has 0 radical (unpaired) electrons. The van der Waals surface area contributed by atoms with E-state index in [1.165, 1.54) is 0 Å². The fourth-order valence-electron chi connectivity index (χ4n) is 3.82. The minimum atomic E-state index is -0.153. The number of hydrogen-bond donors (Lipinski definition) is 1. The lowest BCUT2D eigenvalue weighted by Crippen LogP contribution is -2.69. The summed E-state index contributed by atoms with van der Waals surface area (Å²) in [5.41, 5.74) is -0.202. The maximum atomic E-state index is 12.5. The molecule has 1 saturated carbocycles. The molecule has 1 aromatic heterocycles. The predicted octanol–water partition coefficient (Wildman–Crippen LogP) is 2.43. The molecule has 3 rings (SSSR count). The van der Waals surface area contributed by atoms with Crippen LogP contribution >= 0.6 is 0 Å². The molecule has 1 N–H and O–H groups in total. The molecule has 6 heteroatoms. The highest BCUT2D eigenvalue weighted by atomic mass is 16.5. The van der Waals surface area contributed by atoms with Gasteiger partial charge in [0.15, 0.2) is 0 Å². The number of nitrogens with one attached hydrogen (secondary N) is 1. The quantitative estimate of drug-likeness (QED) is 0.930. The van der Waals surface area contributed by atoms with Gasteiger partial charge in [-0.2, -0.15) is 0 Å². The van der Waals surface area contributed by atoms with Gasteiger partial charge >= 0.3 is 6.03 Å². The van der Waals surface area contributed by atoms with Crippen molar-refractivity contribution in [1.82, 2.24) is 19.8 Å². The van der Waals surface area contributed by atoms with Crippen molar-refractivity contribution in [1.29, 1.82) is 0 Å². The molecule has 0 spiro atoms. The van der Waals surface area contributed by atoms with Gasteiger partial charge in [-0.15, -0.1) is 0 Å². The minimum absolute atomic E-state index is 0.0491. The van der Waals surface area contributed by atoms with Gasteiger partial charge in [-0.3, -0.25) is 0 Å². The van der Waals surface area contributed by atoms with Crippen molar-refractivity contribution in [2.75, 3.05) is 20.2 Å². The third kappa shape index (κ3) is 2.73. The summed E-state index contributed by atoms with van der Waals surface area (Å²) in [5.74, 6) is 0. The highest BCUT2D eigenvalue weighted by Gasteiger charge is 2.58. The van der Waals surface area contributed by atoms with Crippen LogP contribution in [0.15, 0.2) is 18.7 Å². The summed E-state index contributed by atoms with van der Waals surface area (Å²) in [7, 11) is 1.75. The Labute approximate surface area is 138 Å². The number of rotatable bonds is 3. The van der Waals surface area contributed by atoms with Gasteiger partial charge in [0.05, 0.1) is 11.9 Å². The fourth-order valence-corrected chi connectivity index (χ4v) is 3.82. The molecule has 1 aromatic rings. The number of urea groups is 1. The Bertz CT molecular complexity index is 549. The number of ether oxygens (including phenoxy) is 1. The topological polar surface area (TPSA) is 59.4 Å². The van der Waals surface area contributed by atoms with E-state index in [1.807, 2.05) is 23.6 Å². The number of carbonyl (C=O) groups is 1. The van der Waals surface area contributed by atoms with E-state index in [1.54, 1.807) is 7.11 Å². The molecule has 1 saturated heterocycles. The number of likely N-dealkylation sites (tertiary alicyclic amines) is 1. The van der Waals surface area contributed by atoms with E-state index in [0.717, 1.165) is 32.4 Å². The number of methoxy groups -OCH3 is 1. The largest absolute Gasteiger partial charge is 0.378 e. The summed E-state index contributed by atoms with van der Waals surface area (Å²) in [5, 5.41) is 3.20. The van der Waals surface area contributed by atoms with Crippen LogP contribution in [0.25, 0.3) is 0 Å². The number of nitrogens with zero attached hydrogens (tertiary/aromatic N) is 3. The number of aromatic nitrogens is 2. The normalized spacial score (nSPS) is 30.8. The number of hydrogen-bond acceptors (Lipinski definition) is 3. The molecule has 2 amide bonds. The second-order valence-corrected chi connectivity index (χ2v) is 7.59. The molecule has 2 fully saturated rings. The zero-order chi connectivity index (χ0) is 16.7. The SMILES string of the molecule is CO[C@]1(C)C[C@H](NC(=O)N2CCC(n3ccnc3)CC2)C1(C)C. The van der Waals surface area contributed by atoms with Gasteiger partial charge in [-0.05, 0) is 26.2 Å². The fraction of sp³-hybridized carbons (Fsp3) is 0.765. The second kappa shape index (κ2) is 5.82. The van der Waals surface area contributed by atoms with Gasteiger partial charge in [0.1, 0.15) is 0 Å². The van der Waals surface area contributed by atoms with E-state index >= 15 is 0 Å². The Morgan fingerprint density at radius 1 is 1.30 bits per heavy atom. The van der Waals surface area contributed by atoms with Crippen molar-refractivity contribution < 1.29 is 9.53 Å². The lowest BCUT2D eigenvalue weighted by molar-refractivity contribution is -0.177. The van der Waals surface area contributed by atoms with E-state index in [0.29, 0.717) is 6.04 Å². The van der Waals surface area contributed by atoms with E-state index in [-0.39, 0.29) is 23.1 Å². The third-order valence-corrected chi connectivity index (χ3v) is 6.27. The third-order valence-electron chi connectivity index (χ3n) is 6.27. The predicted molar refractivity (Wildman–Crippen MR) is 88.2 cm³/mol. The number of amides is 2. The van der Waals surface area contributed by atoms with Crippen molar-refractivity contribution in [3.63, 3.8) is 0 Å². The first-order valence-electron chi connectivity index (χ1n) is 8.45. The van der Waals surface area contributed by atoms with Crippen molar-refractivity contribution in [2.45, 2.75) is 57.7 Å². The van der Waals surface area contributed by atoms with Crippen LogP contribution in [0.1, 0.15) is 46.1 Å². The van der Waals surface area contributed by atoms with Gasteiger partial charge in [0.25, 0.3) is 0 Å². The molecule has 2 aliphatic rings. The summed E-state index contributed by atoms with van der Waals surface area (Å²) in [4.78, 5) is 18.6. The molecule has 0 unspecified atom stereocenters. The summed E-state index contributed by atoms with van der Waals surface area (Å²) >= 11 is 0. The molecule has 0 bridgehead atoms. The van der Waals surface area contributed by atoms with E-state index in [9.17, 15) is 4.79 Å². The Kier molecular flexibility index (Phi) is 4.12. The van der Waals surface area contributed by atoms with Crippen LogP contribution in [0, 0.1) is 5.41 Å². The summed E-state index contributed by atoms with van der Waals surface area (Å²) in [6, 6.07) is 0.690. The molecule has 2 atom stereocenters. The monoisotopic (exact) mass is 320 g/mol. The molecule has 1 aliphatic heterocycles. The van der Waals surface area contributed by atoms with Crippen LogP contribution in [0.3, 0.4) is 0 Å². The van der Waals surface area contributed by atoms with Gasteiger partial charge in [-0.1, -0.05) is 13.8 Å². The number of carbonyl (C=O) groups excluding carboxylic acids is 1. The average Bonchev–Trinajstić information content (AvgIpc) is 3.08. The van der Waals surface area contributed by atoms with Crippen molar-refractivity contribution in [3.05, 3.63) is 18.7 Å². The standard InChI is InChI=1S/C17H28N4O2/c1-16(2)14(11-17(16,3)23-4)19-15(22)20-8-5-13(6-9-20)21-10-7-18-12-21/h7,10,12-14H,5-6,8-9,11H2,1-4H3,(H,19,22)/t14-,17+/m0/s1. The molecular formula is C17H28N4O2. The highest BCUT2D eigenvalue weighted by molar-refractivity contribution is 5.75. The zero-order valence-corrected chi connectivity index (χ0v) is 14.6. The zero-order valence-electron chi connectivity index (χ0n) is 14.6. The number of piperidine rings is 1. The minimum Gasteiger partial charge on any atom is -0.378 e. The Hall–Kier alpha value is -1.56. The first-order valence-corrected chi connectivity index (χ1v) is 8.45. The van der Waals surface area contributed by atoms with Crippen LogP contribution in [0.5, 0.6) is 0 Å². The van der Waals surface area contributed by atoms with Crippen LogP contribution in [-0.4, -0.2) is 52.3 Å². The van der Waals surface area contributed by atoms with Crippen molar-refractivity contribution in [2.24, 2.45) is 5.41 Å². The molecule has 23 heavy (non-hydrogen) atoms. The van der Waals surface area contributed by atoms with Gasteiger partial charge in [0, 0.05) is 50.1 Å².